The topological polar surface area (TPSA) is 129 Å². The molecule has 3 heterocycles. The molecule has 0 aromatic carbocycles. The number of cyclic esters (lactones) is 2. The number of rotatable bonds is 3. The van der Waals surface area contributed by atoms with Crippen LogP contribution < -0.4 is 0 Å². The molecule has 0 spiro atoms. The highest BCUT2D eigenvalue weighted by Gasteiger charge is 2.75. The number of hydrogen-bond donors (Lipinski definition) is 1. The van der Waals surface area contributed by atoms with E-state index >= 15 is 0 Å². The van der Waals surface area contributed by atoms with Crippen molar-refractivity contribution in [1.82, 2.24) is 0 Å². The van der Waals surface area contributed by atoms with Crippen molar-refractivity contribution in [2.24, 2.45) is 34.0 Å². The lowest BCUT2D eigenvalue weighted by molar-refractivity contribution is -0.243. The molecule has 2 saturated carbocycles. The minimum atomic E-state index is -2.16. The molecule has 4 fully saturated rings. The number of esters is 3. The molecule has 9 heteroatoms. The van der Waals surface area contributed by atoms with Crippen molar-refractivity contribution in [3.63, 3.8) is 0 Å². The zero-order chi connectivity index (χ0) is 28.8. The quantitative estimate of drug-likeness (QED) is 0.256. The van der Waals surface area contributed by atoms with Gasteiger partial charge < -0.3 is 23.7 Å². The third-order valence-electron chi connectivity index (χ3n) is 11.0. The van der Waals surface area contributed by atoms with Crippen molar-refractivity contribution in [1.29, 1.82) is 0 Å². The summed E-state index contributed by atoms with van der Waals surface area (Å²) in [4.78, 5) is 53.2. The number of Topliss-reactive ketones (excluding diaryl/α,β-unsaturated/α-hetero) is 1. The van der Waals surface area contributed by atoms with Crippen molar-refractivity contribution >= 4 is 23.7 Å². The summed E-state index contributed by atoms with van der Waals surface area (Å²) < 4.78 is 22.7. The third-order valence-corrected chi connectivity index (χ3v) is 11.0. The van der Waals surface area contributed by atoms with Crippen LogP contribution in [0.15, 0.2) is 46.3 Å². The molecular formula is C31H36O9. The smallest absolute Gasteiger partial charge is 0.333 e. The van der Waals surface area contributed by atoms with Gasteiger partial charge in [-0.15, -0.1) is 0 Å². The van der Waals surface area contributed by atoms with Crippen molar-refractivity contribution in [2.75, 3.05) is 6.61 Å². The third kappa shape index (κ3) is 3.36. The Balaban J connectivity index is 1.54. The fourth-order valence-electron chi connectivity index (χ4n) is 8.79. The molecule has 1 aromatic heterocycles. The highest BCUT2D eigenvalue weighted by Crippen LogP contribution is 2.69. The fourth-order valence-corrected chi connectivity index (χ4v) is 8.79. The van der Waals surface area contributed by atoms with Gasteiger partial charge in [-0.2, -0.15) is 0 Å². The number of ketones is 1. The van der Waals surface area contributed by atoms with E-state index in [4.69, 9.17) is 18.6 Å². The molecule has 214 valence electrons. The van der Waals surface area contributed by atoms with Crippen LogP contribution in [0.1, 0.15) is 72.0 Å². The normalized spacial score (nSPS) is 44.4. The summed E-state index contributed by atoms with van der Waals surface area (Å²) in [6.07, 6.45) is 5.80. The minimum Gasteiger partial charge on any atom is -0.472 e. The van der Waals surface area contributed by atoms with E-state index in [1.165, 1.54) is 0 Å². The van der Waals surface area contributed by atoms with Gasteiger partial charge in [-0.05, 0) is 56.6 Å². The Morgan fingerprint density at radius 1 is 1.10 bits per heavy atom. The Bertz CT molecular complexity index is 1360. The van der Waals surface area contributed by atoms with Crippen LogP contribution in [0, 0.1) is 34.0 Å². The first kappa shape index (κ1) is 27.0. The minimum absolute atomic E-state index is 0.0309. The maximum absolute atomic E-state index is 14.4. The Morgan fingerprint density at radius 2 is 1.85 bits per heavy atom. The van der Waals surface area contributed by atoms with Gasteiger partial charge in [0.2, 0.25) is 0 Å². The molecule has 0 radical (unpaired) electrons. The average Bonchev–Trinajstić information content (AvgIpc) is 3.45. The van der Waals surface area contributed by atoms with E-state index in [0.29, 0.717) is 18.4 Å². The molecule has 6 rings (SSSR count). The van der Waals surface area contributed by atoms with Crippen LogP contribution in [-0.4, -0.2) is 47.1 Å². The first-order valence-electron chi connectivity index (χ1n) is 14.0. The van der Waals surface area contributed by atoms with Crippen LogP contribution in [0.4, 0.5) is 0 Å². The van der Waals surface area contributed by atoms with Crippen LogP contribution in [0.2, 0.25) is 0 Å². The second-order valence-electron chi connectivity index (χ2n) is 13.0. The van der Waals surface area contributed by atoms with E-state index in [9.17, 15) is 24.3 Å². The lowest BCUT2D eigenvalue weighted by Crippen LogP contribution is -2.76. The lowest BCUT2D eigenvalue weighted by atomic mass is 9.39. The molecule has 1 aromatic rings. The number of hydrogen-bond acceptors (Lipinski definition) is 9. The Morgan fingerprint density at radius 3 is 2.52 bits per heavy atom. The predicted molar refractivity (Wildman–Crippen MR) is 139 cm³/mol. The summed E-state index contributed by atoms with van der Waals surface area (Å²) in [7, 11) is 0. The molecule has 0 unspecified atom stereocenters. The fraction of sp³-hybridized carbons (Fsp3) is 0.613. The lowest BCUT2D eigenvalue weighted by Gasteiger charge is -2.66. The number of ether oxygens (including phenoxy) is 3. The summed E-state index contributed by atoms with van der Waals surface area (Å²) in [6, 6.07) is 1.79. The van der Waals surface area contributed by atoms with Gasteiger partial charge in [-0.25, -0.2) is 4.79 Å². The Hall–Kier alpha value is -3.20. The van der Waals surface area contributed by atoms with Gasteiger partial charge in [0.05, 0.1) is 25.4 Å². The number of carbonyl (C=O) groups excluding carboxylic acids is 4. The van der Waals surface area contributed by atoms with Gasteiger partial charge in [-0.1, -0.05) is 32.4 Å². The van der Waals surface area contributed by atoms with Crippen molar-refractivity contribution in [3.05, 3.63) is 47.5 Å². The van der Waals surface area contributed by atoms with Crippen LogP contribution >= 0.6 is 0 Å². The molecule has 2 saturated heterocycles. The van der Waals surface area contributed by atoms with Gasteiger partial charge in [0.15, 0.2) is 17.5 Å². The summed E-state index contributed by atoms with van der Waals surface area (Å²) >= 11 is 0. The second kappa shape index (κ2) is 8.65. The van der Waals surface area contributed by atoms with Gasteiger partial charge in [0.1, 0.15) is 12.7 Å². The highest BCUT2D eigenvalue weighted by molar-refractivity contribution is 6.00. The summed E-state index contributed by atoms with van der Waals surface area (Å²) in [6.45, 7) is 8.98. The predicted octanol–water partition coefficient (Wildman–Crippen LogP) is 4.01. The van der Waals surface area contributed by atoms with Crippen LogP contribution in [-0.2, 0) is 33.4 Å². The molecule has 0 amide bonds. The summed E-state index contributed by atoms with van der Waals surface area (Å²) in [5.74, 6) is -3.07. The number of furan rings is 1. The number of allylic oxidation sites excluding steroid dienone is 2. The van der Waals surface area contributed by atoms with E-state index in [2.05, 4.69) is 6.92 Å². The van der Waals surface area contributed by atoms with Gasteiger partial charge in [-0.3, -0.25) is 14.4 Å². The molecule has 5 aliphatic rings. The SMILES string of the molecule is C/C=C(/C)C(=O)O[C@H]1[C@@]2(C)COC(=O)C[C@@H]2[C@]2(C)C(=O)[C@@]1(O)C=C1[C@H]2CC[C@]2(C)[C@H]1CC(=O)O[C@H]2c1ccoc1. The van der Waals surface area contributed by atoms with Gasteiger partial charge >= 0.3 is 17.9 Å². The van der Waals surface area contributed by atoms with E-state index in [1.54, 1.807) is 44.6 Å². The molecule has 3 aliphatic carbocycles. The van der Waals surface area contributed by atoms with E-state index in [-0.39, 0.29) is 37.3 Å². The molecular weight excluding hydrogens is 516 g/mol. The molecule has 2 bridgehead atoms. The van der Waals surface area contributed by atoms with Crippen molar-refractivity contribution in [2.45, 2.75) is 78.1 Å². The van der Waals surface area contributed by atoms with E-state index < -0.39 is 57.7 Å². The zero-order valence-corrected chi connectivity index (χ0v) is 23.5. The molecule has 9 nitrogen and oxygen atoms in total. The van der Waals surface area contributed by atoms with E-state index in [0.717, 1.165) is 11.1 Å². The maximum Gasteiger partial charge on any atom is 0.333 e. The summed E-state index contributed by atoms with van der Waals surface area (Å²) in [5.41, 5.74) is -2.95. The zero-order valence-electron chi connectivity index (χ0n) is 23.5. The molecule has 40 heavy (non-hydrogen) atoms. The first-order valence-corrected chi connectivity index (χ1v) is 14.0. The Kier molecular flexibility index (Phi) is 5.84. The number of aliphatic hydroxyl groups is 1. The maximum atomic E-state index is 14.4. The molecule has 1 N–H and O–H groups in total. The second-order valence-corrected chi connectivity index (χ2v) is 13.0. The summed E-state index contributed by atoms with van der Waals surface area (Å²) in [5, 5.41) is 12.4. The Labute approximate surface area is 232 Å². The first-order chi connectivity index (χ1) is 18.8. The molecule has 2 aliphatic heterocycles. The number of carbonyl (C=O) groups is 4. The molecule has 9 atom stereocenters. The van der Waals surface area contributed by atoms with Gasteiger partial charge in [0, 0.05) is 27.4 Å². The average molecular weight is 553 g/mol. The van der Waals surface area contributed by atoms with Crippen LogP contribution in [0.5, 0.6) is 0 Å². The largest absolute Gasteiger partial charge is 0.472 e. The standard InChI is InChI=1S/C31H36O9/c1-6-16(2)25(34)40-27-29(4)15-38-22(32)12-21(29)30(5)19-7-9-28(3)20(18(19)13-31(27,36)26(30)35)11-23(33)39-24(28)17-8-10-37-14-17/h6,8,10,13-14,19-21,24,27,36H,7,9,11-12,15H2,1-5H3/b16-6-/t19-,20+,21+,24+,27+,28-,29+,30-,31+/m1/s1. The highest BCUT2D eigenvalue weighted by atomic mass is 16.6. The van der Waals surface area contributed by atoms with Crippen LogP contribution in [0.25, 0.3) is 0 Å². The monoisotopic (exact) mass is 552 g/mol. The van der Waals surface area contributed by atoms with Crippen molar-refractivity contribution in [3.8, 4) is 0 Å². The van der Waals surface area contributed by atoms with Gasteiger partial charge in [0.25, 0.3) is 0 Å². The van der Waals surface area contributed by atoms with Crippen molar-refractivity contribution < 1.29 is 42.9 Å². The van der Waals surface area contributed by atoms with E-state index in [1.807, 2.05) is 13.8 Å². The van der Waals surface area contributed by atoms with Crippen LogP contribution in [0.3, 0.4) is 0 Å². The number of fused-ring (bicyclic) bond motifs is 8.